The number of alkyl carbamates (subject to hydrolysis) is 6. The lowest BCUT2D eigenvalue weighted by Gasteiger charge is -2.29. The molecule has 694 valence electrons. The normalized spacial score (nSPS) is 19.3. The van der Waals surface area contributed by atoms with E-state index >= 15 is 19.2 Å². The Balaban J connectivity index is 2.37. The van der Waals surface area contributed by atoms with Gasteiger partial charge < -0.3 is 129 Å². The molecule has 1 aliphatic rings. The minimum Gasteiger partial charge on any atom is -0.445 e. The average molecular weight is 1760 g/mol. The van der Waals surface area contributed by atoms with Crippen molar-refractivity contribution in [3.63, 3.8) is 0 Å². The van der Waals surface area contributed by atoms with Crippen molar-refractivity contribution in [2.75, 3.05) is 45.8 Å². The van der Waals surface area contributed by atoms with Crippen LogP contribution in [0.1, 0.15) is 188 Å². The van der Waals surface area contributed by atoms with Crippen LogP contribution in [0.25, 0.3) is 0 Å². The summed E-state index contributed by atoms with van der Waals surface area (Å²) >= 11 is 0. The molecule has 0 saturated carbocycles. The maximum Gasteiger partial charge on any atom is 0.408 e. The van der Waals surface area contributed by atoms with E-state index in [0.717, 1.165) is 13.8 Å². The number of rotatable bonds is 32. The van der Waals surface area contributed by atoms with Gasteiger partial charge in [-0.25, -0.2) is 28.8 Å². The van der Waals surface area contributed by atoms with Gasteiger partial charge >= 0.3 is 36.6 Å². The summed E-state index contributed by atoms with van der Waals surface area (Å²) < 4.78 is 32.1. The molecular weight excluding hydrogens is 1620 g/mol. The highest BCUT2D eigenvalue weighted by atomic mass is 16.6. The number of carbonyl (C=O) groups is 17. The second kappa shape index (κ2) is 50.7. The van der Waals surface area contributed by atoms with Crippen LogP contribution in [0.4, 0.5) is 28.8 Å². The van der Waals surface area contributed by atoms with Gasteiger partial charge in [-0.3, -0.25) is 52.7 Å². The van der Waals surface area contributed by atoms with Crippen LogP contribution in [0.2, 0.25) is 0 Å². The van der Waals surface area contributed by atoms with Gasteiger partial charge in [0.1, 0.15) is 95.0 Å². The maximum absolute atomic E-state index is 15.4. The summed E-state index contributed by atoms with van der Waals surface area (Å²) in [4.78, 5) is 240. The number of carbonyl (C=O) groups excluding carboxylic acids is 17. The van der Waals surface area contributed by atoms with E-state index in [1.807, 2.05) is 0 Å². The number of ether oxygens (including phenoxy) is 6. The lowest BCUT2D eigenvalue weighted by Crippen LogP contribution is -2.62. The van der Waals surface area contributed by atoms with Crippen molar-refractivity contribution in [2.45, 2.75) is 290 Å². The molecule has 0 aliphatic carbocycles. The number of hydrogen-bond donors (Lipinski definition) is 19. The van der Waals surface area contributed by atoms with E-state index in [9.17, 15) is 72.5 Å². The highest BCUT2D eigenvalue weighted by Gasteiger charge is 2.40. The first kappa shape index (κ1) is 106. The van der Waals surface area contributed by atoms with Crippen molar-refractivity contribution in [2.24, 2.45) is 5.92 Å². The Hall–Kier alpha value is -11.8. The molecule has 2 aromatic carbocycles. The highest BCUT2D eigenvalue weighted by Crippen LogP contribution is 2.16. The molecule has 0 bridgehead atoms. The van der Waals surface area contributed by atoms with Crippen molar-refractivity contribution in [1.29, 1.82) is 0 Å². The molecule has 0 radical (unpaired) electrons. The Morgan fingerprint density at radius 1 is 0.411 bits per heavy atom. The number of hydrogen-bond acceptors (Lipinski definition) is 25. The van der Waals surface area contributed by atoms with Crippen LogP contribution in [-0.2, 0) is 94.2 Å². The standard InChI is InChI=1S/C82H131N17O25/c1-46(2)42-57-68(109)93-52(32-38-85-72(113)120-78(5,6)7)63(104)92-55(35-41-88-75(116)123-81(14,15)16)66(107)98-60(47(3)100)70(111)84-37-31-51(62(103)91-53(33-39-86-73(114)121-79(8,9)10)65(106)96-58(69(110)95-57)43-49-26-22-20-23-27-49)90-64(105)54(34-40-87-74(115)122-80(11,12)13)94-71(112)61(48(4)101)99-67(108)56(97-77(118)119-45-50-28-24-21-25-29-50)30-36-83-59(102)44-89-76(117)124-82(17,18)19/h20-29,46-48,51-58,60-61,100-101H,30-45H2,1-19H3,(H,83,102)(H,84,111)(H,85,113)(H,86,114)(H,87,115)(H,88,116)(H,89,117)(H,90,105)(H,91,103)(H,92,104)(H,93,109)(H,94,112)(H,95,110)(H,96,106)(H,97,118)(H,98,107)(H,99,108)/t47?,48?,51-,52-,53-,54-,55-,56-,57-,58+,60-,61-/m0/s1. The highest BCUT2D eigenvalue weighted by molar-refractivity contribution is 5.99. The number of aliphatic hydroxyl groups excluding tert-OH is 2. The topological polar surface area (TPSA) is 591 Å². The Bertz CT molecular complexity index is 3910. The van der Waals surface area contributed by atoms with Crippen LogP contribution in [-0.4, -0.2) is 258 Å². The predicted octanol–water partition coefficient (Wildman–Crippen LogP) is 0.905. The Kier molecular flexibility index (Phi) is 43.4. The maximum atomic E-state index is 15.4. The molecule has 1 saturated heterocycles. The second-order valence-electron chi connectivity index (χ2n) is 34.9. The molecule has 2 unspecified atom stereocenters. The van der Waals surface area contributed by atoms with Gasteiger partial charge in [0.05, 0.1) is 18.8 Å². The Morgan fingerprint density at radius 2 is 0.790 bits per heavy atom. The van der Waals surface area contributed by atoms with Gasteiger partial charge in [-0.05, 0) is 180 Å². The van der Waals surface area contributed by atoms with E-state index in [2.05, 4.69) is 90.4 Å². The fourth-order valence-corrected chi connectivity index (χ4v) is 11.4. The summed E-state index contributed by atoms with van der Waals surface area (Å²) in [5, 5.41) is 64.9. The third kappa shape index (κ3) is 44.8. The summed E-state index contributed by atoms with van der Waals surface area (Å²) in [6.07, 6.45) is -13.2. The van der Waals surface area contributed by atoms with Gasteiger partial charge in [-0.15, -0.1) is 0 Å². The number of amides is 17. The molecule has 42 nitrogen and oxygen atoms in total. The van der Waals surface area contributed by atoms with Gasteiger partial charge in [-0.1, -0.05) is 74.5 Å². The molecule has 0 spiro atoms. The fourth-order valence-electron chi connectivity index (χ4n) is 11.4. The van der Waals surface area contributed by atoms with Crippen molar-refractivity contribution in [1.82, 2.24) is 90.4 Å². The number of benzene rings is 2. The Morgan fingerprint density at radius 3 is 1.23 bits per heavy atom. The molecule has 17 amide bonds. The SMILES string of the molecule is CC(C)C[C@@H]1NC(=O)[C@@H](Cc2ccccc2)NC(=O)[C@H](CCNC(=O)OC(C)(C)C)NC(=O)[C@@H](NC(=O)[C@H](CCNC(=O)OC(C)(C)C)NC(=O)[C@@H](NC(=O)[C@H](CCNC(=O)CNC(=O)OC(C)(C)C)NC(=O)OCc2ccccc2)C(C)O)CCNC(=O)[C@H](C(C)O)NC(=O)[C@H](CCNC(=O)OC(C)(C)C)NC(=O)[C@H](CCNC(=O)OC(C)(C)C)NC1=O. The molecule has 0 aromatic heterocycles. The molecule has 1 fully saturated rings. The molecular formula is C82H131N17O25. The van der Waals surface area contributed by atoms with Gasteiger partial charge in [0.25, 0.3) is 0 Å². The van der Waals surface area contributed by atoms with Crippen molar-refractivity contribution in [3.05, 3.63) is 71.8 Å². The smallest absolute Gasteiger partial charge is 0.408 e. The Labute approximate surface area is 722 Å². The minimum atomic E-state index is -2.04. The van der Waals surface area contributed by atoms with E-state index in [0.29, 0.717) is 11.1 Å². The lowest BCUT2D eigenvalue weighted by atomic mass is 10.00. The summed E-state index contributed by atoms with van der Waals surface area (Å²) in [6.45, 7) is 25.7. The summed E-state index contributed by atoms with van der Waals surface area (Å²) in [7, 11) is 0. The van der Waals surface area contributed by atoms with Gasteiger partial charge in [0, 0.05) is 45.7 Å². The summed E-state index contributed by atoms with van der Waals surface area (Å²) in [5.74, 6) is -12.7. The predicted molar refractivity (Wildman–Crippen MR) is 449 cm³/mol. The van der Waals surface area contributed by atoms with Gasteiger partial charge in [0.2, 0.25) is 65.0 Å². The van der Waals surface area contributed by atoms with E-state index < -0.39 is 279 Å². The van der Waals surface area contributed by atoms with Gasteiger partial charge in [-0.2, -0.15) is 0 Å². The zero-order chi connectivity index (χ0) is 93.6. The molecule has 2 aromatic rings. The first-order chi connectivity index (χ1) is 57.6. The van der Waals surface area contributed by atoms with Gasteiger partial charge in [0.15, 0.2) is 0 Å². The third-order valence-corrected chi connectivity index (χ3v) is 17.1. The van der Waals surface area contributed by atoms with Crippen LogP contribution < -0.4 is 90.4 Å². The number of nitrogens with one attached hydrogen (secondary N) is 17. The zero-order valence-electron chi connectivity index (χ0n) is 74.4. The first-order valence-electron chi connectivity index (χ1n) is 41.1. The molecule has 124 heavy (non-hydrogen) atoms. The van der Waals surface area contributed by atoms with Crippen LogP contribution in [0.3, 0.4) is 0 Å². The molecule has 3 rings (SSSR count). The van der Waals surface area contributed by atoms with Crippen molar-refractivity contribution >= 4 is 102 Å². The monoisotopic (exact) mass is 1750 g/mol. The average Bonchev–Trinajstić information content (AvgIpc) is 0.990. The van der Waals surface area contributed by atoms with Crippen LogP contribution in [0.15, 0.2) is 60.7 Å². The van der Waals surface area contributed by atoms with Crippen LogP contribution in [0, 0.1) is 5.92 Å². The zero-order valence-corrected chi connectivity index (χ0v) is 74.4. The summed E-state index contributed by atoms with van der Waals surface area (Å²) in [5.41, 5.74) is -4.02. The van der Waals surface area contributed by atoms with E-state index in [4.69, 9.17) is 28.4 Å². The largest absolute Gasteiger partial charge is 0.445 e. The van der Waals surface area contributed by atoms with E-state index in [1.165, 1.54) is 0 Å². The van der Waals surface area contributed by atoms with E-state index in [-0.39, 0.29) is 32.5 Å². The number of aliphatic hydroxyl groups is 2. The van der Waals surface area contributed by atoms with Crippen molar-refractivity contribution < 1.29 is 120 Å². The first-order valence-corrected chi connectivity index (χ1v) is 41.1. The molecule has 19 N–H and O–H groups in total. The molecule has 42 heteroatoms. The fraction of sp³-hybridized carbons (Fsp3) is 0.646. The van der Waals surface area contributed by atoms with Crippen molar-refractivity contribution in [3.8, 4) is 0 Å². The molecule has 1 aliphatic heterocycles. The quantitative estimate of drug-likeness (QED) is 0.0453. The minimum absolute atomic E-state index is 0.138. The van der Waals surface area contributed by atoms with Crippen LogP contribution in [0.5, 0.6) is 0 Å². The summed E-state index contributed by atoms with van der Waals surface area (Å²) in [6, 6.07) is -1.51. The molecule has 12 atom stereocenters. The van der Waals surface area contributed by atoms with Crippen LogP contribution >= 0.6 is 0 Å². The third-order valence-electron chi connectivity index (χ3n) is 17.1. The lowest BCUT2D eigenvalue weighted by molar-refractivity contribution is -0.136. The second-order valence-corrected chi connectivity index (χ2v) is 34.9. The van der Waals surface area contributed by atoms with E-state index in [1.54, 1.807) is 178 Å². The molecule has 1 heterocycles.